The van der Waals surface area contributed by atoms with Crippen LogP contribution in [0.1, 0.15) is 44.1 Å². The summed E-state index contributed by atoms with van der Waals surface area (Å²) in [6, 6.07) is 16.3. The molecule has 2 aliphatic rings. The van der Waals surface area contributed by atoms with Gasteiger partial charge in [-0.25, -0.2) is 15.0 Å². The highest BCUT2D eigenvalue weighted by Gasteiger charge is 2.22. The number of piperidine rings is 1. The van der Waals surface area contributed by atoms with Crippen molar-refractivity contribution in [3.05, 3.63) is 66.5 Å². The summed E-state index contributed by atoms with van der Waals surface area (Å²) >= 11 is 0. The van der Waals surface area contributed by atoms with Gasteiger partial charge in [-0.15, -0.1) is 0 Å². The fourth-order valence-corrected chi connectivity index (χ4v) is 5.53. The predicted molar refractivity (Wildman–Crippen MR) is 154 cm³/mol. The third-order valence-corrected chi connectivity index (χ3v) is 7.58. The van der Waals surface area contributed by atoms with E-state index < -0.39 is 0 Å². The second-order valence-corrected chi connectivity index (χ2v) is 10.4. The minimum atomic E-state index is 0.187. The van der Waals surface area contributed by atoms with Crippen molar-refractivity contribution in [1.29, 1.82) is 0 Å². The maximum absolute atomic E-state index is 12.9. The molecule has 0 saturated carbocycles. The summed E-state index contributed by atoms with van der Waals surface area (Å²) in [6.07, 6.45) is 9.37. The zero-order valence-corrected chi connectivity index (χ0v) is 22.3. The average molecular weight is 523 g/mol. The van der Waals surface area contributed by atoms with Crippen LogP contribution in [0, 0.1) is 6.92 Å². The first kappa shape index (κ1) is 25.2. The molecule has 2 saturated heterocycles. The normalized spacial score (nSPS) is 18.1. The lowest BCUT2D eigenvalue weighted by atomic mass is 10.0. The summed E-state index contributed by atoms with van der Waals surface area (Å²) in [5, 5.41) is 8.83. The lowest BCUT2D eigenvalue weighted by Gasteiger charge is -2.24. The number of aromatic nitrogens is 3. The summed E-state index contributed by atoms with van der Waals surface area (Å²) < 4.78 is 6.59. The lowest BCUT2D eigenvalue weighted by Crippen LogP contribution is -2.38. The summed E-state index contributed by atoms with van der Waals surface area (Å²) in [7, 11) is 0. The zero-order chi connectivity index (χ0) is 26.6. The van der Waals surface area contributed by atoms with Crippen molar-refractivity contribution in [2.75, 3.05) is 29.9 Å². The van der Waals surface area contributed by atoms with Crippen molar-refractivity contribution in [1.82, 2.24) is 20.3 Å². The number of pyridine rings is 1. The Morgan fingerprint density at radius 2 is 1.92 bits per heavy atom. The molecule has 8 nitrogen and oxygen atoms in total. The van der Waals surface area contributed by atoms with Gasteiger partial charge in [-0.05, 0) is 69.0 Å². The van der Waals surface area contributed by atoms with Gasteiger partial charge in [0.05, 0.1) is 16.9 Å². The van der Waals surface area contributed by atoms with Gasteiger partial charge in [-0.2, -0.15) is 0 Å². The number of aryl methyl sites for hydroxylation is 1. The van der Waals surface area contributed by atoms with Crippen molar-refractivity contribution in [3.8, 4) is 22.9 Å². The van der Waals surface area contributed by atoms with Crippen LogP contribution in [-0.4, -0.2) is 46.5 Å². The molecule has 8 heteroatoms. The number of carbonyl (C=O) groups excluding carboxylic acids is 1. The maximum Gasteiger partial charge on any atom is 0.228 e. The number of benzene rings is 2. The van der Waals surface area contributed by atoms with E-state index in [1.54, 1.807) is 12.4 Å². The molecule has 1 amide bonds. The van der Waals surface area contributed by atoms with Crippen LogP contribution < -0.4 is 20.3 Å². The molecular formula is C31H34N6O2. The highest BCUT2D eigenvalue weighted by atomic mass is 16.5. The molecule has 4 heterocycles. The predicted octanol–water partition coefficient (Wildman–Crippen LogP) is 5.86. The number of rotatable bonds is 6. The average Bonchev–Trinajstić information content (AvgIpc) is 3.19. The maximum atomic E-state index is 12.9. The molecule has 0 unspecified atom stereocenters. The fraction of sp³-hybridized carbons (Fsp3) is 0.355. The highest BCUT2D eigenvalue weighted by Crippen LogP contribution is 2.40. The number of nitrogens with one attached hydrogen (secondary N) is 2. The van der Waals surface area contributed by atoms with Crippen LogP contribution >= 0.6 is 0 Å². The third kappa shape index (κ3) is 5.43. The Morgan fingerprint density at radius 1 is 0.974 bits per heavy atom. The van der Waals surface area contributed by atoms with Gasteiger partial charge in [0, 0.05) is 48.7 Å². The second-order valence-electron chi connectivity index (χ2n) is 10.4. The number of nitrogens with zero attached hydrogens (tertiary/aromatic N) is 4. The molecule has 6 rings (SSSR count). The number of hydrogen-bond acceptors (Lipinski definition) is 7. The SMILES string of the molecule is Cc1ccc2c(N3CCCCCC3=O)cccc2c1Oc1ncccc1-c1ccnc(N[C@H]2CCCNC2)n1. The third-order valence-electron chi connectivity index (χ3n) is 7.58. The largest absolute Gasteiger partial charge is 0.437 e. The Balaban J connectivity index is 1.35. The molecule has 0 bridgehead atoms. The van der Waals surface area contributed by atoms with Crippen molar-refractivity contribution >= 4 is 28.3 Å². The minimum Gasteiger partial charge on any atom is -0.437 e. The van der Waals surface area contributed by atoms with E-state index in [1.807, 2.05) is 42.2 Å². The molecule has 1 atom stereocenters. The van der Waals surface area contributed by atoms with Crippen LogP contribution in [0.3, 0.4) is 0 Å². The molecule has 0 spiro atoms. The Kier molecular flexibility index (Phi) is 7.36. The molecule has 2 fully saturated rings. The number of hydrogen-bond donors (Lipinski definition) is 2. The van der Waals surface area contributed by atoms with E-state index in [2.05, 4.69) is 38.8 Å². The molecule has 0 radical (unpaired) electrons. The number of ether oxygens (including phenoxy) is 1. The zero-order valence-electron chi connectivity index (χ0n) is 22.3. The first-order valence-electron chi connectivity index (χ1n) is 13.9. The first-order chi connectivity index (χ1) is 19.2. The Labute approximate surface area is 228 Å². The van der Waals surface area contributed by atoms with E-state index in [1.165, 1.54) is 0 Å². The van der Waals surface area contributed by atoms with Gasteiger partial charge in [0.2, 0.25) is 17.7 Å². The Morgan fingerprint density at radius 3 is 2.82 bits per heavy atom. The highest BCUT2D eigenvalue weighted by molar-refractivity contribution is 6.06. The van der Waals surface area contributed by atoms with E-state index >= 15 is 0 Å². The summed E-state index contributed by atoms with van der Waals surface area (Å²) in [5.41, 5.74) is 3.47. The number of amides is 1. The summed E-state index contributed by atoms with van der Waals surface area (Å²) in [5.74, 6) is 2.00. The molecular weight excluding hydrogens is 488 g/mol. The topological polar surface area (TPSA) is 92.3 Å². The quantitative estimate of drug-likeness (QED) is 0.327. The standard InChI is InChI=1S/C31H34N6O2/c1-21-13-14-23-24(9-5-11-27(23)37-19-4-2-3-12-28(37)38)29(21)39-30-25(10-7-17-33-30)26-15-18-34-31(36-26)35-22-8-6-16-32-20-22/h5,7,9-11,13-15,17-18,22,32H,2-4,6,8,12,16,19-20H2,1H3,(H,34,35,36)/t22-/m0/s1. The smallest absolute Gasteiger partial charge is 0.228 e. The fourth-order valence-electron chi connectivity index (χ4n) is 5.53. The van der Waals surface area contributed by atoms with Crippen molar-refractivity contribution in [3.63, 3.8) is 0 Å². The van der Waals surface area contributed by atoms with Crippen LogP contribution in [0.15, 0.2) is 60.9 Å². The van der Waals surface area contributed by atoms with Crippen LogP contribution in [0.4, 0.5) is 11.6 Å². The van der Waals surface area contributed by atoms with E-state index in [9.17, 15) is 4.79 Å². The molecule has 0 aliphatic carbocycles. The lowest BCUT2D eigenvalue weighted by molar-refractivity contribution is -0.118. The number of carbonyl (C=O) groups is 1. The first-order valence-corrected chi connectivity index (χ1v) is 13.9. The molecule has 39 heavy (non-hydrogen) atoms. The van der Waals surface area contributed by atoms with Gasteiger partial charge in [-0.1, -0.05) is 30.7 Å². The Hall–Kier alpha value is -4.04. The van der Waals surface area contributed by atoms with Gasteiger partial charge < -0.3 is 20.3 Å². The van der Waals surface area contributed by atoms with Crippen LogP contribution in [-0.2, 0) is 4.79 Å². The number of anilines is 2. The van der Waals surface area contributed by atoms with E-state index in [4.69, 9.17) is 9.72 Å². The van der Waals surface area contributed by atoms with Crippen LogP contribution in [0.5, 0.6) is 11.6 Å². The van der Waals surface area contributed by atoms with E-state index in [0.29, 0.717) is 24.3 Å². The van der Waals surface area contributed by atoms with Crippen LogP contribution in [0.2, 0.25) is 0 Å². The molecule has 2 aromatic carbocycles. The molecule has 2 aromatic heterocycles. The molecule has 200 valence electrons. The van der Waals surface area contributed by atoms with Gasteiger partial charge in [0.25, 0.3) is 0 Å². The summed E-state index contributed by atoms with van der Waals surface area (Å²) in [4.78, 5) is 28.7. The van der Waals surface area contributed by atoms with E-state index in [0.717, 1.165) is 90.8 Å². The van der Waals surface area contributed by atoms with Crippen molar-refractivity contribution in [2.24, 2.45) is 0 Å². The van der Waals surface area contributed by atoms with Crippen LogP contribution in [0.25, 0.3) is 22.0 Å². The molecule has 2 N–H and O–H groups in total. The van der Waals surface area contributed by atoms with Gasteiger partial charge in [0.15, 0.2) is 0 Å². The summed E-state index contributed by atoms with van der Waals surface area (Å²) in [6.45, 7) is 4.73. The van der Waals surface area contributed by atoms with Crippen molar-refractivity contribution < 1.29 is 9.53 Å². The number of fused-ring (bicyclic) bond motifs is 1. The monoisotopic (exact) mass is 522 g/mol. The molecule has 2 aliphatic heterocycles. The van der Waals surface area contributed by atoms with E-state index in [-0.39, 0.29) is 5.91 Å². The second kappa shape index (κ2) is 11.4. The Bertz CT molecular complexity index is 1480. The van der Waals surface area contributed by atoms with Gasteiger partial charge in [0.1, 0.15) is 5.75 Å². The van der Waals surface area contributed by atoms with Gasteiger partial charge in [-0.3, -0.25) is 4.79 Å². The van der Waals surface area contributed by atoms with Gasteiger partial charge >= 0.3 is 0 Å². The van der Waals surface area contributed by atoms with Crippen molar-refractivity contribution in [2.45, 2.75) is 51.5 Å². The molecule has 4 aromatic rings. The minimum absolute atomic E-state index is 0.187.